The molecule has 2 aromatic rings. The van der Waals surface area contributed by atoms with E-state index in [4.69, 9.17) is 9.47 Å². The van der Waals surface area contributed by atoms with Crippen LogP contribution >= 0.6 is 0 Å². The summed E-state index contributed by atoms with van der Waals surface area (Å²) in [4.78, 5) is 0. The van der Waals surface area contributed by atoms with Crippen LogP contribution in [0.4, 0.5) is 0 Å². The smallest absolute Gasteiger partial charge is 0.119 e. The van der Waals surface area contributed by atoms with Crippen molar-refractivity contribution >= 4 is 0 Å². The maximum Gasteiger partial charge on any atom is 0.119 e. The van der Waals surface area contributed by atoms with Crippen molar-refractivity contribution in [1.82, 2.24) is 0 Å². The van der Waals surface area contributed by atoms with E-state index in [0.717, 1.165) is 29.9 Å². The predicted molar refractivity (Wildman–Crippen MR) is 82.5 cm³/mol. The molecule has 3 heteroatoms. The van der Waals surface area contributed by atoms with Crippen LogP contribution in [0, 0.1) is 11.3 Å². The molecule has 0 aliphatic rings. The molecule has 3 nitrogen and oxygen atoms in total. The molecule has 0 spiro atoms. The molecule has 0 amide bonds. The maximum absolute atomic E-state index is 9.33. The second-order valence-corrected chi connectivity index (χ2v) is 4.76. The van der Waals surface area contributed by atoms with Crippen LogP contribution < -0.4 is 9.47 Å². The molecule has 1 unspecified atom stereocenters. The lowest BCUT2D eigenvalue weighted by Gasteiger charge is -2.11. The van der Waals surface area contributed by atoms with Crippen LogP contribution in [-0.4, -0.2) is 13.7 Å². The SMILES string of the molecule is COc1cccc(C(C#N)CCCOc2ccccc2)c1. The quantitative estimate of drug-likeness (QED) is 0.716. The molecule has 1 atom stereocenters. The van der Waals surface area contributed by atoms with E-state index in [2.05, 4.69) is 6.07 Å². The van der Waals surface area contributed by atoms with Crippen molar-refractivity contribution < 1.29 is 9.47 Å². The van der Waals surface area contributed by atoms with Gasteiger partial charge in [0.05, 0.1) is 25.7 Å². The van der Waals surface area contributed by atoms with Crippen LogP contribution in [0.1, 0.15) is 24.3 Å². The number of benzene rings is 2. The van der Waals surface area contributed by atoms with E-state index in [1.54, 1.807) is 7.11 Å². The van der Waals surface area contributed by atoms with Gasteiger partial charge in [-0.15, -0.1) is 0 Å². The molecule has 0 bridgehead atoms. The Labute approximate surface area is 125 Å². The summed E-state index contributed by atoms with van der Waals surface area (Å²) >= 11 is 0. The van der Waals surface area contributed by atoms with Crippen LogP contribution in [0.2, 0.25) is 0 Å². The molecule has 0 heterocycles. The zero-order chi connectivity index (χ0) is 14.9. The Morgan fingerprint density at radius 2 is 1.81 bits per heavy atom. The Kier molecular flexibility index (Phi) is 5.66. The highest BCUT2D eigenvalue weighted by Gasteiger charge is 2.11. The fourth-order valence-electron chi connectivity index (χ4n) is 2.16. The van der Waals surface area contributed by atoms with E-state index in [9.17, 15) is 5.26 Å². The van der Waals surface area contributed by atoms with E-state index < -0.39 is 0 Å². The highest BCUT2D eigenvalue weighted by atomic mass is 16.5. The Morgan fingerprint density at radius 1 is 1.05 bits per heavy atom. The second kappa shape index (κ2) is 7.96. The van der Waals surface area contributed by atoms with Gasteiger partial charge in [0.2, 0.25) is 0 Å². The summed E-state index contributed by atoms with van der Waals surface area (Å²) in [6.45, 7) is 0.617. The zero-order valence-electron chi connectivity index (χ0n) is 12.2. The van der Waals surface area contributed by atoms with Gasteiger partial charge < -0.3 is 9.47 Å². The summed E-state index contributed by atoms with van der Waals surface area (Å²) in [6, 6.07) is 19.8. The first kappa shape index (κ1) is 14.9. The number of para-hydroxylation sites is 1. The molecular formula is C18H19NO2. The molecule has 2 rings (SSSR count). The third-order valence-electron chi connectivity index (χ3n) is 3.30. The summed E-state index contributed by atoms with van der Waals surface area (Å²) in [6.07, 6.45) is 1.61. The van der Waals surface area contributed by atoms with Crippen molar-refractivity contribution in [1.29, 1.82) is 5.26 Å². The molecule has 0 saturated carbocycles. The predicted octanol–water partition coefficient (Wildman–Crippen LogP) is 4.16. The molecule has 108 valence electrons. The number of methoxy groups -OCH3 is 1. The summed E-state index contributed by atoms with van der Waals surface area (Å²) in [5.74, 6) is 1.53. The highest BCUT2D eigenvalue weighted by molar-refractivity contribution is 5.33. The summed E-state index contributed by atoms with van der Waals surface area (Å²) in [5, 5.41) is 9.33. The van der Waals surface area contributed by atoms with Crippen LogP contribution in [0.15, 0.2) is 54.6 Å². The van der Waals surface area contributed by atoms with E-state index in [1.807, 2.05) is 54.6 Å². The van der Waals surface area contributed by atoms with Crippen molar-refractivity contribution in [3.8, 4) is 17.6 Å². The molecule has 0 aliphatic carbocycles. The molecule has 0 radical (unpaired) electrons. The van der Waals surface area contributed by atoms with Gasteiger partial charge in [0.15, 0.2) is 0 Å². The van der Waals surface area contributed by atoms with Crippen molar-refractivity contribution in [3.63, 3.8) is 0 Å². The number of hydrogen-bond donors (Lipinski definition) is 0. The van der Waals surface area contributed by atoms with Gasteiger partial charge in [-0.25, -0.2) is 0 Å². The molecule has 0 fully saturated rings. The zero-order valence-corrected chi connectivity index (χ0v) is 12.2. The third-order valence-corrected chi connectivity index (χ3v) is 3.30. The van der Waals surface area contributed by atoms with Gasteiger partial charge in [0.1, 0.15) is 11.5 Å². The van der Waals surface area contributed by atoms with Gasteiger partial charge in [0, 0.05) is 0 Å². The molecule has 0 aromatic heterocycles. The largest absolute Gasteiger partial charge is 0.497 e. The van der Waals surface area contributed by atoms with Gasteiger partial charge in [-0.05, 0) is 42.7 Å². The maximum atomic E-state index is 9.33. The van der Waals surface area contributed by atoms with Crippen LogP contribution in [0.3, 0.4) is 0 Å². The van der Waals surface area contributed by atoms with Gasteiger partial charge in [0.25, 0.3) is 0 Å². The standard InChI is InChI=1S/C18H19NO2/c1-20-18-11-5-7-15(13-18)16(14-19)8-6-12-21-17-9-3-2-4-10-17/h2-5,7,9-11,13,16H,6,8,12H2,1H3. The number of ether oxygens (including phenoxy) is 2. The van der Waals surface area contributed by atoms with Gasteiger partial charge in [-0.2, -0.15) is 5.26 Å². The summed E-state index contributed by atoms with van der Waals surface area (Å²) in [7, 11) is 1.63. The van der Waals surface area contributed by atoms with Crippen molar-refractivity contribution in [2.24, 2.45) is 0 Å². The van der Waals surface area contributed by atoms with Gasteiger partial charge in [-0.3, -0.25) is 0 Å². The summed E-state index contributed by atoms with van der Waals surface area (Å²) < 4.78 is 10.8. The van der Waals surface area contributed by atoms with Gasteiger partial charge >= 0.3 is 0 Å². The first-order valence-corrected chi connectivity index (χ1v) is 7.05. The molecule has 0 saturated heterocycles. The van der Waals surface area contributed by atoms with E-state index >= 15 is 0 Å². The topological polar surface area (TPSA) is 42.2 Å². The first-order valence-electron chi connectivity index (χ1n) is 7.05. The fraction of sp³-hybridized carbons (Fsp3) is 0.278. The number of hydrogen-bond acceptors (Lipinski definition) is 3. The Balaban J connectivity index is 1.84. The number of nitriles is 1. The molecule has 2 aromatic carbocycles. The monoisotopic (exact) mass is 281 g/mol. The van der Waals surface area contributed by atoms with Crippen LogP contribution in [0.5, 0.6) is 11.5 Å². The lowest BCUT2D eigenvalue weighted by molar-refractivity contribution is 0.305. The van der Waals surface area contributed by atoms with E-state index in [-0.39, 0.29) is 5.92 Å². The van der Waals surface area contributed by atoms with Crippen LogP contribution in [-0.2, 0) is 0 Å². The average molecular weight is 281 g/mol. The lowest BCUT2D eigenvalue weighted by Crippen LogP contribution is -2.02. The van der Waals surface area contributed by atoms with Crippen molar-refractivity contribution in [2.45, 2.75) is 18.8 Å². The normalized spacial score (nSPS) is 11.4. The highest BCUT2D eigenvalue weighted by Crippen LogP contribution is 2.24. The summed E-state index contributed by atoms with van der Waals surface area (Å²) in [5.41, 5.74) is 0.997. The molecular weight excluding hydrogens is 262 g/mol. The number of nitrogens with zero attached hydrogens (tertiary/aromatic N) is 1. The minimum absolute atomic E-state index is 0.125. The fourth-order valence-corrected chi connectivity index (χ4v) is 2.16. The second-order valence-electron chi connectivity index (χ2n) is 4.76. The van der Waals surface area contributed by atoms with Gasteiger partial charge in [-0.1, -0.05) is 30.3 Å². The molecule has 0 N–H and O–H groups in total. The molecule has 0 aliphatic heterocycles. The van der Waals surface area contributed by atoms with Crippen molar-refractivity contribution in [2.75, 3.05) is 13.7 Å². The number of rotatable bonds is 7. The minimum atomic E-state index is -0.125. The van der Waals surface area contributed by atoms with E-state index in [1.165, 1.54) is 0 Å². The lowest BCUT2D eigenvalue weighted by atomic mass is 9.96. The Morgan fingerprint density at radius 3 is 2.52 bits per heavy atom. The minimum Gasteiger partial charge on any atom is -0.497 e. The van der Waals surface area contributed by atoms with Crippen molar-refractivity contribution in [3.05, 3.63) is 60.2 Å². The van der Waals surface area contributed by atoms with E-state index in [0.29, 0.717) is 6.61 Å². The average Bonchev–Trinajstić information content (AvgIpc) is 2.56. The Hall–Kier alpha value is -2.47. The molecule has 21 heavy (non-hydrogen) atoms. The van der Waals surface area contributed by atoms with Crippen LogP contribution in [0.25, 0.3) is 0 Å². The third kappa shape index (κ3) is 4.54. The Bertz CT molecular complexity index is 590. The first-order chi connectivity index (χ1) is 10.3.